The van der Waals surface area contributed by atoms with Gasteiger partial charge in [0.15, 0.2) is 11.5 Å². The fourth-order valence-electron chi connectivity index (χ4n) is 2.73. The smallest absolute Gasteiger partial charge is 0.222 e. The molecule has 1 fully saturated rings. The van der Waals surface area contributed by atoms with Gasteiger partial charge >= 0.3 is 0 Å². The number of nitrogens with one attached hydrogen (secondary N) is 1. The van der Waals surface area contributed by atoms with Crippen LogP contribution in [-0.4, -0.2) is 44.2 Å². The summed E-state index contributed by atoms with van der Waals surface area (Å²) in [6, 6.07) is 3.83. The minimum atomic E-state index is 0. The molecule has 1 aliphatic rings. The van der Waals surface area contributed by atoms with Gasteiger partial charge in [0, 0.05) is 26.1 Å². The summed E-state index contributed by atoms with van der Waals surface area (Å²) in [6.45, 7) is 5.76. The van der Waals surface area contributed by atoms with E-state index in [1.165, 1.54) is 0 Å². The van der Waals surface area contributed by atoms with E-state index in [0.717, 1.165) is 38.0 Å². The van der Waals surface area contributed by atoms with Gasteiger partial charge in [-0.2, -0.15) is 0 Å². The van der Waals surface area contributed by atoms with Crippen LogP contribution < -0.4 is 14.8 Å². The first kappa shape index (κ1) is 20.9. The molecule has 0 aromatic heterocycles. The molecule has 136 valence electrons. The maximum atomic E-state index is 11.5. The number of ether oxygens (including phenoxy) is 2. The highest BCUT2D eigenvalue weighted by Gasteiger charge is 2.18. The Morgan fingerprint density at radius 1 is 1.38 bits per heavy atom. The van der Waals surface area contributed by atoms with Gasteiger partial charge in [-0.05, 0) is 44.0 Å². The highest BCUT2D eigenvalue weighted by atomic mass is 35.5. The average molecular weight is 377 g/mol. The second-order valence-electron chi connectivity index (χ2n) is 5.56. The topological polar surface area (TPSA) is 50.8 Å². The van der Waals surface area contributed by atoms with Crippen LogP contribution >= 0.6 is 24.0 Å². The van der Waals surface area contributed by atoms with Crippen molar-refractivity contribution in [2.75, 3.05) is 33.4 Å². The predicted molar refractivity (Wildman–Crippen MR) is 98.6 cm³/mol. The molecule has 0 saturated carbocycles. The molecule has 0 atom stereocenters. The zero-order valence-corrected chi connectivity index (χ0v) is 15.8. The van der Waals surface area contributed by atoms with Crippen LogP contribution in [0.25, 0.3) is 0 Å². The van der Waals surface area contributed by atoms with Crippen LogP contribution in [0.3, 0.4) is 0 Å². The molecule has 1 heterocycles. The molecule has 0 aliphatic carbocycles. The fourth-order valence-corrected chi connectivity index (χ4v) is 3.02. The van der Waals surface area contributed by atoms with Gasteiger partial charge in [-0.3, -0.25) is 4.79 Å². The van der Waals surface area contributed by atoms with E-state index in [4.69, 9.17) is 21.1 Å². The van der Waals surface area contributed by atoms with Gasteiger partial charge in [-0.15, -0.1) is 12.4 Å². The molecule has 2 rings (SSSR count). The quantitative estimate of drug-likeness (QED) is 0.671. The molecule has 1 aromatic carbocycles. The van der Waals surface area contributed by atoms with E-state index in [1.54, 1.807) is 7.11 Å². The van der Waals surface area contributed by atoms with Crippen LogP contribution in [0.4, 0.5) is 0 Å². The van der Waals surface area contributed by atoms with Gasteiger partial charge in [0.2, 0.25) is 5.91 Å². The molecule has 1 N–H and O–H groups in total. The third-order valence-corrected chi connectivity index (χ3v) is 4.14. The van der Waals surface area contributed by atoms with E-state index in [2.05, 4.69) is 5.32 Å². The molecule has 1 aliphatic heterocycles. The van der Waals surface area contributed by atoms with E-state index < -0.39 is 0 Å². The zero-order chi connectivity index (χ0) is 16.7. The maximum Gasteiger partial charge on any atom is 0.222 e. The fraction of sp³-hybridized carbons (Fsp3) is 0.588. The second kappa shape index (κ2) is 10.6. The molecule has 7 heteroatoms. The summed E-state index contributed by atoms with van der Waals surface area (Å²) >= 11 is 6.26. The first-order valence-electron chi connectivity index (χ1n) is 8.13. The summed E-state index contributed by atoms with van der Waals surface area (Å²) in [5, 5.41) is 3.94. The summed E-state index contributed by atoms with van der Waals surface area (Å²) in [5.41, 5.74) is 1.05. The Balaban J connectivity index is 0.00000288. The van der Waals surface area contributed by atoms with Crippen LogP contribution in [-0.2, 0) is 11.3 Å². The number of likely N-dealkylation sites (tertiary alicyclic amines) is 1. The van der Waals surface area contributed by atoms with Crippen molar-refractivity contribution in [3.63, 3.8) is 0 Å². The highest BCUT2D eigenvalue weighted by Crippen LogP contribution is 2.36. The maximum absolute atomic E-state index is 11.5. The van der Waals surface area contributed by atoms with Crippen LogP contribution in [0, 0.1) is 0 Å². The summed E-state index contributed by atoms with van der Waals surface area (Å²) in [7, 11) is 1.61. The normalized spacial score (nSPS) is 13.8. The molecular weight excluding hydrogens is 351 g/mol. The van der Waals surface area contributed by atoms with Crippen molar-refractivity contribution in [3.8, 4) is 11.5 Å². The zero-order valence-electron chi connectivity index (χ0n) is 14.3. The molecule has 0 spiro atoms. The Bertz CT molecular complexity index is 541. The number of carbonyl (C=O) groups excluding carboxylic acids is 1. The lowest BCUT2D eigenvalue weighted by Gasteiger charge is -2.16. The first-order chi connectivity index (χ1) is 11.2. The molecule has 0 bridgehead atoms. The van der Waals surface area contributed by atoms with Crippen LogP contribution in [0.1, 0.15) is 31.7 Å². The van der Waals surface area contributed by atoms with E-state index >= 15 is 0 Å². The largest absolute Gasteiger partial charge is 0.493 e. The molecule has 5 nitrogen and oxygen atoms in total. The van der Waals surface area contributed by atoms with Crippen molar-refractivity contribution in [1.29, 1.82) is 0 Å². The standard InChI is InChI=1S/C17H25ClN2O3.ClH/c1-3-23-17-14(18)10-13(11-15(17)22-2)12-19-7-5-9-20-8-4-6-16(20)21;/h10-11,19H,3-9,12H2,1-2H3;1H. The van der Waals surface area contributed by atoms with E-state index in [9.17, 15) is 4.79 Å². The van der Waals surface area contributed by atoms with Crippen LogP contribution in [0.5, 0.6) is 11.5 Å². The number of benzene rings is 1. The summed E-state index contributed by atoms with van der Waals surface area (Å²) < 4.78 is 10.9. The van der Waals surface area contributed by atoms with Crippen LogP contribution in [0.2, 0.25) is 5.02 Å². The van der Waals surface area contributed by atoms with Crippen molar-refractivity contribution in [3.05, 3.63) is 22.7 Å². The van der Waals surface area contributed by atoms with Crippen molar-refractivity contribution in [1.82, 2.24) is 10.2 Å². The van der Waals surface area contributed by atoms with E-state index in [-0.39, 0.29) is 18.3 Å². The van der Waals surface area contributed by atoms with E-state index in [0.29, 0.717) is 36.1 Å². The molecule has 0 unspecified atom stereocenters. The van der Waals surface area contributed by atoms with Gasteiger partial charge in [0.05, 0.1) is 18.7 Å². The number of carbonyl (C=O) groups is 1. The van der Waals surface area contributed by atoms with Crippen molar-refractivity contribution in [2.45, 2.75) is 32.7 Å². The number of methoxy groups -OCH3 is 1. The van der Waals surface area contributed by atoms with Crippen LogP contribution in [0.15, 0.2) is 12.1 Å². The lowest BCUT2D eigenvalue weighted by Crippen LogP contribution is -2.28. The number of nitrogens with zero attached hydrogens (tertiary/aromatic N) is 1. The number of amides is 1. The molecule has 1 saturated heterocycles. The Kier molecular flexibility index (Phi) is 9.26. The van der Waals surface area contributed by atoms with Gasteiger partial charge < -0.3 is 19.7 Å². The number of hydrogen-bond acceptors (Lipinski definition) is 4. The van der Waals surface area contributed by atoms with Crippen molar-refractivity contribution >= 4 is 29.9 Å². The van der Waals surface area contributed by atoms with Gasteiger partial charge in [0.1, 0.15) is 0 Å². The molecule has 0 radical (unpaired) electrons. The lowest BCUT2D eigenvalue weighted by molar-refractivity contribution is -0.127. The van der Waals surface area contributed by atoms with Gasteiger partial charge in [0.25, 0.3) is 0 Å². The number of hydrogen-bond donors (Lipinski definition) is 1. The van der Waals surface area contributed by atoms with Gasteiger partial charge in [-0.1, -0.05) is 11.6 Å². The minimum absolute atomic E-state index is 0. The first-order valence-corrected chi connectivity index (χ1v) is 8.51. The Morgan fingerprint density at radius 3 is 2.79 bits per heavy atom. The van der Waals surface area contributed by atoms with Crippen molar-refractivity contribution in [2.24, 2.45) is 0 Å². The second-order valence-corrected chi connectivity index (χ2v) is 5.96. The Labute approximate surface area is 155 Å². The summed E-state index contributed by atoms with van der Waals surface area (Å²) in [6.07, 6.45) is 2.66. The Morgan fingerprint density at radius 2 is 2.17 bits per heavy atom. The highest BCUT2D eigenvalue weighted by molar-refractivity contribution is 6.32. The predicted octanol–water partition coefficient (Wildman–Crippen LogP) is 3.27. The average Bonchev–Trinajstić information content (AvgIpc) is 2.94. The summed E-state index contributed by atoms with van der Waals surface area (Å²) in [4.78, 5) is 13.5. The van der Waals surface area contributed by atoms with Gasteiger partial charge in [-0.25, -0.2) is 0 Å². The monoisotopic (exact) mass is 376 g/mol. The molecule has 24 heavy (non-hydrogen) atoms. The third-order valence-electron chi connectivity index (χ3n) is 3.86. The SMILES string of the molecule is CCOc1c(Cl)cc(CNCCCN2CCCC2=O)cc1OC.Cl. The number of halogens is 2. The number of rotatable bonds is 9. The summed E-state index contributed by atoms with van der Waals surface area (Å²) in [5.74, 6) is 1.53. The molecular formula is C17H26Cl2N2O3. The molecule has 1 aromatic rings. The van der Waals surface area contributed by atoms with E-state index in [1.807, 2.05) is 24.0 Å². The Hall–Kier alpha value is -1.17. The lowest BCUT2D eigenvalue weighted by atomic mass is 10.2. The molecule has 1 amide bonds. The minimum Gasteiger partial charge on any atom is -0.493 e. The third kappa shape index (κ3) is 5.72. The van der Waals surface area contributed by atoms with Crippen molar-refractivity contribution < 1.29 is 14.3 Å².